The molecule has 98 valence electrons. The summed E-state index contributed by atoms with van der Waals surface area (Å²) in [6.07, 6.45) is 4.84. The fraction of sp³-hybridized carbons (Fsp3) is 0.600. The van der Waals surface area contributed by atoms with Gasteiger partial charge in [-0.2, -0.15) is 0 Å². The molecule has 0 atom stereocenters. The Balaban J connectivity index is 3.81. The Bertz CT molecular complexity index is 266. The van der Waals surface area contributed by atoms with E-state index < -0.39 is 0 Å². The van der Waals surface area contributed by atoms with E-state index >= 15 is 0 Å². The Morgan fingerprint density at radius 1 is 1.12 bits per heavy atom. The van der Waals surface area contributed by atoms with E-state index in [-0.39, 0.29) is 0 Å². The molecule has 17 heavy (non-hydrogen) atoms. The smallest absolute Gasteiger partial charge is 0.0108 e. The molecule has 0 aliphatic heterocycles. The van der Waals surface area contributed by atoms with Gasteiger partial charge < -0.3 is 9.80 Å². The van der Waals surface area contributed by atoms with Gasteiger partial charge in [0, 0.05) is 25.3 Å². The highest BCUT2D eigenvalue weighted by atomic mass is 15.1. The molecule has 0 saturated heterocycles. The second-order valence-corrected chi connectivity index (χ2v) is 4.93. The first kappa shape index (κ1) is 16.0. The van der Waals surface area contributed by atoms with E-state index in [4.69, 9.17) is 0 Å². The predicted molar refractivity (Wildman–Crippen MR) is 77.9 cm³/mol. The molecule has 0 N–H and O–H groups in total. The lowest BCUT2D eigenvalue weighted by Crippen LogP contribution is -2.27. The largest absolute Gasteiger partial charge is 0.356 e. The van der Waals surface area contributed by atoms with Crippen LogP contribution in [0.2, 0.25) is 0 Å². The standard InChI is InChI=1S/C15H28N2/c1-8-16(6)15(5)10-9-14(4)11-12-17(7)13(2)3/h8,13H,1,4-5,9-12H2,2-3,6-7H3. The Morgan fingerprint density at radius 2 is 1.71 bits per heavy atom. The molecular weight excluding hydrogens is 208 g/mol. The van der Waals surface area contributed by atoms with Gasteiger partial charge in [0.05, 0.1) is 0 Å². The third kappa shape index (κ3) is 7.01. The molecular formula is C15H28N2. The fourth-order valence-electron chi connectivity index (χ4n) is 1.34. The zero-order valence-electron chi connectivity index (χ0n) is 12.0. The number of rotatable bonds is 9. The number of allylic oxidation sites excluding steroid dienone is 1. The molecule has 0 amide bonds. The minimum Gasteiger partial charge on any atom is -0.356 e. The van der Waals surface area contributed by atoms with E-state index in [2.05, 4.69) is 45.5 Å². The monoisotopic (exact) mass is 236 g/mol. The van der Waals surface area contributed by atoms with E-state index in [0.29, 0.717) is 6.04 Å². The molecule has 0 radical (unpaired) electrons. The Kier molecular flexibility index (Phi) is 7.64. The van der Waals surface area contributed by atoms with Crippen LogP contribution < -0.4 is 0 Å². The van der Waals surface area contributed by atoms with Gasteiger partial charge in [-0.15, -0.1) is 0 Å². The molecule has 0 aromatic rings. The third-order valence-corrected chi connectivity index (χ3v) is 3.24. The van der Waals surface area contributed by atoms with Crippen LogP contribution in [-0.4, -0.2) is 36.5 Å². The van der Waals surface area contributed by atoms with Crippen molar-refractivity contribution in [3.05, 3.63) is 37.2 Å². The van der Waals surface area contributed by atoms with Crippen molar-refractivity contribution in [2.75, 3.05) is 20.6 Å². The topological polar surface area (TPSA) is 6.48 Å². The molecule has 0 heterocycles. The van der Waals surface area contributed by atoms with Gasteiger partial charge >= 0.3 is 0 Å². The van der Waals surface area contributed by atoms with Crippen molar-refractivity contribution < 1.29 is 0 Å². The van der Waals surface area contributed by atoms with Crippen molar-refractivity contribution in [1.82, 2.24) is 9.80 Å². The second kappa shape index (κ2) is 8.13. The number of nitrogens with zero attached hydrogens (tertiary/aromatic N) is 2. The maximum Gasteiger partial charge on any atom is 0.0108 e. The first-order valence-corrected chi connectivity index (χ1v) is 6.28. The Morgan fingerprint density at radius 3 is 2.18 bits per heavy atom. The van der Waals surface area contributed by atoms with Crippen LogP contribution in [0.25, 0.3) is 0 Å². The van der Waals surface area contributed by atoms with Crippen LogP contribution in [0.15, 0.2) is 37.2 Å². The van der Waals surface area contributed by atoms with E-state index in [0.717, 1.165) is 31.5 Å². The Labute approximate surface area is 107 Å². The lowest BCUT2D eigenvalue weighted by molar-refractivity contribution is 0.276. The quantitative estimate of drug-likeness (QED) is 0.564. The van der Waals surface area contributed by atoms with Crippen LogP contribution in [0, 0.1) is 0 Å². The molecule has 0 spiro atoms. The molecule has 0 fully saturated rings. The van der Waals surface area contributed by atoms with Crippen LogP contribution >= 0.6 is 0 Å². The molecule has 0 aliphatic carbocycles. The summed E-state index contributed by atoms with van der Waals surface area (Å²) in [7, 11) is 4.13. The molecule has 2 nitrogen and oxygen atoms in total. The van der Waals surface area contributed by atoms with Gasteiger partial charge in [0.1, 0.15) is 0 Å². The van der Waals surface area contributed by atoms with Crippen LogP contribution in [0.3, 0.4) is 0 Å². The molecule has 0 aliphatic rings. The molecule has 0 unspecified atom stereocenters. The lowest BCUT2D eigenvalue weighted by Gasteiger charge is -2.22. The summed E-state index contributed by atoms with van der Waals surface area (Å²) < 4.78 is 0. The highest BCUT2D eigenvalue weighted by Gasteiger charge is 2.05. The highest BCUT2D eigenvalue weighted by Crippen LogP contribution is 2.14. The molecule has 0 bridgehead atoms. The Hall–Kier alpha value is -1.02. The van der Waals surface area contributed by atoms with Crippen molar-refractivity contribution in [3.63, 3.8) is 0 Å². The summed E-state index contributed by atoms with van der Waals surface area (Å²) >= 11 is 0. The average Bonchev–Trinajstić information content (AvgIpc) is 2.31. The maximum absolute atomic E-state index is 4.13. The second-order valence-electron chi connectivity index (χ2n) is 4.93. The summed E-state index contributed by atoms with van der Waals surface area (Å²) in [6, 6.07) is 0.602. The zero-order valence-corrected chi connectivity index (χ0v) is 12.0. The predicted octanol–water partition coefficient (Wildman–Crippen LogP) is 3.64. The normalized spacial score (nSPS) is 10.7. The van der Waals surface area contributed by atoms with Gasteiger partial charge in [0.25, 0.3) is 0 Å². The molecule has 0 saturated carbocycles. The maximum atomic E-state index is 4.13. The van der Waals surface area contributed by atoms with Crippen molar-refractivity contribution in [1.29, 1.82) is 0 Å². The number of hydrogen-bond donors (Lipinski definition) is 0. The summed E-state index contributed by atoms with van der Waals surface area (Å²) in [4.78, 5) is 4.31. The van der Waals surface area contributed by atoms with E-state index in [1.165, 1.54) is 5.57 Å². The lowest BCUT2D eigenvalue weighted by atomic mass is 10.1. The summed E-state index contributed by atoms with van der Waals surface area (Å²) in [5.41, 5.74) is 2.40. The average molecular weight is 236 g/mol. The van der Waals surface area contributed by atoms with Crippen LogP contribution in [-0.2, 0) is 0 Å². The highest BCUT2D eigenvalue weighted by molar-refractivity contribution is 5.03. The van der Waals surface area contributed by atoms with E-state index in [1.807, 2.05) is 11.9 Å². The van der Waals surface area contributed by atoms with Gasteiger partial charge in [0.2, 0.25) is 0 Å². The van der Waals surface area contributed by atoms with Crippen LogP contribution in [0.5, 0.6) is 0 Å². The zero-order chi connectivity index (χ0) is 13.4. The van der Waals surface area contributed by atoms with Crippen molar-refractivity contribution in [3.8, 4) is 0 Å². The fourth-order valence-corrected chi connectivity index (χ4v) is 1.34. The first-order valence-electron chi connectivity index (χ1n) is 6.28. The van der Waals surface area contributed by atoms with Gasteiger partial charge in [-0.3, -0.25) is 0 Å². The third-order valence-electron chi connectivity index (χ3n) is 3.24. The molecule has 2 heteroatoms. The van der Waals surface area contributed by atoms with E-state index in [1.54, 1.807) is 6.20 Å². The summed E-state index contributed by atoms with van der Waals surface area (Å²) in [5, 5.41) is 0. The summed E-state index contributed by atoms with van der Waals surface area (Å²) in [6.45, 7) is 17.4. The minimum absolute atomic E-state index is 0.602. The van der Waals surface area contributed by atoms with E-state index in [9.17, 15) is 0 Å². The van der Waals surface area contributed by atoms with Gasteiger partial charge in [-0.25, -0.2) is 0 Å². The molecule has 0 rings (SSSR count). The SMILES string of the molecule is C=CN(C)C(=C)CCC(=C)CCN(C)C(C)C. The number of hydrogen-bond acceptors (Lipinski definition) is 2. The van der Waals surface area contributed by atoms with Gasteiger partial charge in [-0.05, 0) is 46.4 Å². The van der Waals surface area contributed by atoms with Crippen LogP contribution in [0.4, 0.5) is 0 Å². The first-order chi connectivity index (χ1) is 7.88. The van der Waals surface area contributed by atoms with Gasteiger partial charge in [-0.1, -0.05) is 25.3 Å². The summed E-state index contributed by atoms with van der Waals surface area (Å²) in [5.74, 6) is 0. The minimum atomic E-state index is 0.602. The van der Waals surface area contributed by atoms with Gasteiger partial charge in [0.15, 0.2) is 0 Å². The van der Waals surface area contributed by atoms with Crippen LogP contribution in [0.1, 0.15) is 33.1 Å². The molecule has 0 aromatic heterocycles. The van der Waals surface area contributed by atoms with Crippen molar-refractivity contribution >= 4 is 0 Å². The van der Waals surface area contributed by atoms with Crippen molar-refractivity contribution in [2.45, 2.75) is 39.2 Å². The molecule has 0 aromatic carbocycles. The van der Waals surface area contributed by atoms with Crippen molar-refractivity contribution in [2.24, 2.45) is 0 Å².